The molecule has 1 amide bonds. The van der Waals surface area contributed by atoms with Crippen LogP contribution < -0.4 is 0 Å². The minimum Gasteiger partial charge on any atom is -0.466 e. The van der Waals surface area contributed by atoms with Gasteiger partial charge in [-0.2, -0.15) is 0 Å². The van der Waals surface area contributed by atoms with E-state index >= 15 is 0 Å². The molecule has 92 valence electrons. The summed E-state index contributed by atoms with van der Waals surface area (Å²) in [5.41, 5.74) is 0. The lowest BCUT2D eigenvalue weighted by molar-refractivity contribution is -0.143. The number of rotatable bonds is 7. The van der Waals surface area contributed by atoms with Crippen LogP contribution in [-0.2, 0) is 14.3 Å². The van der Waals surface area contributed by atoms with Gasteiger partial charge in [-0.3, -0.25) is 9.59 Å². The molecule has 4 nitrogen and oxygen atoms in total. The van der Waals surface area contributed by atoms with Crippen molar-refractivity contribution < 1.29 is 14.3 Å². The van der Waals surface area contributed by atoms with Crippen molar-refractivity contribution in [1.82, 2.24) is 4.90 Å². The molecule has 0 radical (unpaired) electrons. The van der Waals surface area contributed by atoms with Crippen LogP contribution in [0, 0.1) is 5.92 Å². The van der Waals surface area contributed by atoms with Crippen LogP contribution in [0.25, 0.3) is 0 Å². The van der Waals surface area contributed by atoms with Gasteiger partial charge in [0.25, 0.3) is 0 Å². The number of carbonyl (C=O) groups excluding carboxylic acids is 2. The van der Waals surface area contributed by atoms with Crippen molar-refractivity contribution in [3.63, 3.8) is 0 Å². The normalized spacial score (nSPS) is 11.7. The van der Waals surface area contributed by atoms with Gasteiger partial charge in [0, 0.05) is 26.4 Å². The molecule has 0 aromatic heterocycles. The maximum Gasteiger partial charge on any atom is 0.305 e. The van der Waals surface area contributed by atoms with Crippen LogP contribution in [0.15, 0.2) is 12.7 Å². The fraction of sp³-hybridized carbons (Fsp3) is 0.667. The molecule has 0 rings (SSSR count). The molecular weight excluding hydrogens is 206 g/mol. The zero-order chi connectivity index (χ0) is 12.6. The highest BCUT2D eigenvalue weighted by atomic mass is 16.5. The molecule has 0 saturated heterocycles. The van der Waals surface area contributed by atoms with E-state index in [1.54, 1.807) is 32.0 Å². The summed E-state index contributed by atoms with van der Waals surface area (Å²) in [7, 11) is 3.42. The molecule has 0 bridgehead atoms. The first kappa shape index (κ1) is 14.7. The van der Waals surface area contributed by atoms with Gasteiger partial charge < -0.3 is 9.64 Å². The highest BCUT2D eigenvalue weighted by Gasteiger charge is 2.20. The van der Waals surface area contributed by atoms with E-state index in [1.165, 1.54) is 0 Å². The second-order valence-corrected chi connectivity index (χ2v) is 3.80. The fourth-order valence-corrected chi connectivity index (χ4v) is 1.43. The molecule has 0 aliphatic rings. The smallest absolute Gasteiger partial charge is 0.305 e. The number of nitrogens with zero attached hydrogens (tertiary/aromatic N) is 1. The Labute approximate surface area is 97.3 Å². The molecule has 0 fully saturated rings. The topological polar surface area (TPSA) is 46.6 Å². The SMILES string of the molecule is C=CCC(CCC(=O)OCC)C(=O)N(C)C. The lowest BCUT2D eigenvalue weighted by Crippen LogP contribution is -2.29. The quantitative estimate of drug-likeness (QED) is 0.490. The van der Waals surface area contributed by atoms with Crippen LogP contribution in [0.1, 0.15) is 26.2 Å². The molecule has 0 aliphatic heterocycles. The number of esters is 1. The lowest BCUT2D eigenvalue weighted by Gasteiger charge is -2.18. The molecule has 1 atom stereocenters. The summed E-state index contributed by atoms with van der Waals surface area (Å²) in [6.45, 7) is 5.77. The van der Waals surface area contributed by atoms with E-state index < -0.39 is 0 Å². The Morgan fingerprint density at radius 1 is 1.44 bits per heavy atom. The standard InChI is InChI=1S/C12H21NO3/c1-5-7-10(12(15)13(3)4)8-9-11(14)16-6-2/h5,10H,1,6-9H2,2-4H3. The molecule has 16 heavy (non-hydrogen) atoms. The van der Waals surface area contributed by atoms with Crippen molar-refractivity contribution in [1.29, 1.82) is 0 Å². The summed E-state index contributed by atoms with van der Waals surface area (Å²) in [6, 6.07) is 0. The first-order chi connectivity index (χ1) is 7.52. The molecule has 0 N–H and O–H groups in total. The minimum absolute atomic E-state index is 0.0317. The van der Waals surface area contributed by atoms with Crippen LogP contribution in [0.4, 0.5) is 0 Å². The van der Waals surface area contributed by atoms with Crippen molar-refractivity contribution in [3.8, 4) is 0 Å². The Kier molecular flexibility index (Phi) is 7.25. The first-order valence-corrected chi connectivity index (χ1v) is 5.50. The van der Waals surface area contributed by atoms with Crippen LogP contribution >= 0.6 is 0 Å². The fourth-order valence-electron chi connectivity index (χ4n) is 1.43. The van der Waals surface area contributed by atoms with Crippen molar-refractivity contribution in [3.05, 3.63) is 12.7 Å². The van der Waals surface area contributed by atoms with Gasteiger partial charge in [0.15, 0.2) is 0 Å². The Balaban J connectivity index is 4.18. The van der Waals surface area contributed by atoms with Crippen molar-refractivity contribution in [2.45, 2.75) is 26.2 Å². The molecule has 0 heterocycles. The highest BCUT2D eigenvalue weighted by molar-refractivity contribution is 5.79. The minimum atomic E-state index is -0.247. The van der Waals surface area contributed by atoms with Gasteiger partial charge in [-0.05, 0) is 19.8 Å². The first-order valence-electron chi connectivity index (χ1n) is 5.50. The maximum atomic E-state index is 11.7. The number of hydrogen-bond donors (Lipinski definition) is 0. The summed E-state index contributed by atoms with van der Waals surface area (Å²) in [5, 5.41) is 0. The Bertz CT molecular complexity index is 249. The molecule has 0 spiro atoms. The van der Waals surface area contributed by atoms with E-state index in [9.17, 15) is 9.59 Å². The monoisotopic (exact) mass is 227 g/mol. The van der Waals surface area contributed by atoms with Gasteiger partial charge >= 0.3 is 5.97 Å². The van der Waals surface area contributed by atoms with Gasteiger partial charge in [0.2, 0.25) is 5.91 Å². The van der Waals surface area contributed by atoms with E-state index in [0.717, 1.165) is 0 Å². The third-order valence-corrected chi connectivity index (χ3v) is 2.24. The number of ether oxygens (including phenoxy) is 1. The summed E-state index contributed by atoms with van der Waals surface area (Å²) in [4.78, 5) is 24.4. The molecule has 0 aliphatic carbocycles. The van der Waals surface area contributed by atoms with Crippen LogP contribution in [0.2, 0.25) is 0 Å². The van der Waals surface area contributed by atoms with Crippen molar-refractivity contribution in [2.24, 2.45) is 5.92 Å². The van der Waals surface area contributed by atoms with Crippen LogP contribution in [0.3, 0.4) is 0 Å². The molecular formula is C12H21NO3. The van der Waals surface area contributed by atoms with Gasteiger partial charge in [0.1, 0.15) is 0 Å². The summed E-state index contributed by atoms with van der Waals surface area (Å²) < 4.78 is 4.82. The second-order valence-electron chi connectivity index (χ2n) is 3.80. The van der Waals surface area contributed by atoms with Crippen molar-refractivity contribution >= 4 is 11.9 Å². The molecule has 1 unspecified atom stereocenters. The highest BCUT2D eigenvalue weighted by Crippen LogP contribution is 2.14. The number of amides is 1. The lowest BCUT2D eigenvalue weighted by atomic mass is 9.98. The Morgan fingerprint density at radius 3 is 2.50 bits per heavy atom. The van der Waals surface area contributed by atoms with E-state index in [-0.39, 0.29) is 24.2 Å². The zero-order valence-corrected chi connectivity index (χ0v) is 10.4. The summed E-state index contributed by atoms with van der Waals surface area (Å²) in [5.74, 6) is -0.385. The van der Waals surface area contributed by atoms with Gasteiger partial charge in [0.05, 0.1) is 6.61 Å². The Hall–Kier alpha value is -1.32. The third-order valence-electron chi connectivity index (χ3n) is 2.24. The predicted octanol–water partition coefficient (Wildman–Crippen LogP) is 1.61. The predicted molar refractivity (Wildman–Crippen MR) is 62.9 cm³/mol. The van der Waals surface area contributed by atoms with Crippen LogP contribution in [0.5, 0.6) is 0 Å². The van der Waals surface area contributed by atoms with Crippen LogP contribution in [-0.4, -0.2) is 37.5 Å². The summed E-state index contributed by atoms with van der Waals surface area (Å²) >= 11 is 0. The molecule has 0 aromatic carbocycles. The average molecular weight is 227 g/mol. The van der Waals surface area contributed by atoms with Gasteiger partial charge in [-0.15, -0.1) is 6.58 Å². The van der Waals surface area contributed by atoms with E-state index in [1.807, 2.05) is 0 Å². The summed E-state index contributed by atoms with van der Waals surface area (Å²) in [6.07, 6.45) is 3.10. The molecule has 0 aromatic rings. The van der Waals surface area contributed by atoms with Gasteiger partial charge in [-0.25, -0.2) is 0 Å². The van der Waals surface area contributed by atoms with E-state index in [2.05, 4.69) is 6.58 Å². The van der Waals surface area contributed by atoms with E-state index in [4.69, 9.17) is 4.74 Å². The molecule has 4 heteroatoms. The third kappa shape index (κ3) is 5.53. The maximum absolute atomic E-state index is 11.7. The largest absolute Gasteiger partial charge is 0.466 e. The number of carbonyl (C=O) groups is 2. The number of allylic oxidation sites excluding steroid dienone is 1. The number of hydrogen-bond acceptors (Lipinski definition) is 3. The van der Waals surface area contributed by atoms with E-state index in [0.29, 0.717) is 19.4 Å². The van der Waals surface area contributed by atoms with Gasteiger partial charge in [-0.1, -0.05) is 6.08 Å². The molecule has 0 saturated carbocycles. The second kappa shape index (κ2) is 7.91. The Morgan fingerprint density at radius 2 is 2.06 bits per heavy atom. The zero-order valence-electron chi connectivity index (χ0n) is 10.4. The van der Waals surface area contributed by atoms with Crippen molar-refractivity contribution in [2.75, 3.05) is 20.7 Å². The average Bonchev–Trinajstić information content (AvgIpc) is 2.23.